The van der Waals surface area contributed by atoms with E-state index in [0.717, 1.165) is 5.75 Å². The van der Waals surface area contributed by atoms with Gasteiger partial charge in [-0.25, -0.2) is 0 Å². The van der Waals surface area contributed by atoms with Crippen LogP contribution in [-0.4, -0.2) is 23.3 Å². The minimum atomic E-state index is -1.25. The molecular formula is C15H26OSi2. The molecular weight excluding hydrogens is 252 g/mol. The van der Waals surface area contributed by atoms with E-state index in [1.54, 1.807) is 11.9 Å². The Balaban J connectivity index is 3.24. The molecule has 0 saturated heterocycles. The third-order valence-electron chi connectivity index (χ3n) is 3.02. The van der Waals surface area contributed by atoms with Gasteiger partial charge in [0.05, 0.1) is 23.3 Å². The van der Waals surface area contributed by atoms with Crippen LogP contribution < -0.4 is 4.74 Å². The van der Waals surface area contributed by atoms with Gasteiger partial charge in [-0.2, -0.15) is 0 Å². The van der Waals surface area contributed by atoms with Gasteiger partial charge in [0.15, 0.2) is 0 Å². The Kier molecular flexibility index (Phi) is 4.62. The Hall–Kier alpha value is -0.806. The molecule has 0 atom stereocenters. The van der Waals surface area contributed by atoms with Crippen LogP contribution in [0, 0.1) is 0 Å². The zero-order chi connectivity index (χ0) is 14.0. The molecule has 0 amide bonds. The van der Waals surface area contributed by atoms with Crippen LogP contribution in [0.4, 0.5) is 0 Å². The van der Waals surface area contributed by atoms with Gasteiger partial charge in [0.1, 0.15) is 5.75 Å². The second kappa shape index (κ2) is 5.45. The van der Waals surface area contributed by atoms with Gasteiger partial charge in [0, 0.05) is 0 Å². The summed E-state index contributed by atoms with van der Waals surface area (Å²) >= 11 is 0. The van der Waals surface area contributed by atoms with Crippen molar-refractivity contribution in [3.63, 3.8) is 0 Å². The van der Waals surface area contributed by atoms with Crippen molar-refractivity contribution in [3.8, 4) is 5.75 Å². The van der Waals surface area contributed by atoms with Gasteiger partial charge >= 0.3 is 0 Å². The third-order valence-corrected chi connectivity index (χ3v) is 11.0. The van der Waals surface area contributed by atoms with Crippen molar-refractivity contribution >= 4 is 22.2 Å². The lowest BCUT2D eigenvalue weighted by Crippen LogP contribution is -2.39. The number of rotatable bonds is 4. The van der Waals surface area contributed by atoms with E-state index < -0.39 is 16.1 Å². The van der Waals surface area contributed by atoms with Crippen LogP contribution in [0.2, 0.25) is 39.3 Å². The molecule has 1 aromatic rings. The molecule has 1 nitrogen and oxygen atoms in total. The van der Waals surface area contributed by atoms with Crippen LogP contribution in [-0.2, 0) is 0 Å². The summed E-state index contributed by atoms with van der Waals surface area (Å²) in [5, 5.41) is 0. The normalized spacial score (nSPS) is 12.2. The average Bonchev–Trinajstić information content (AvgIpc) is 2.23. The minimum absolute atomic E-state index is 0.939. The van der Waals surface area contributed by atoms with Crippen molar-refractivity contribution in [1.29, 1.82) is 0 Å². The molecule has 0 fully saturated rings. The number of ether oxygens (including phenoxy) is 1. The van der Waals surface area contributed by atoms with E-state index in [9.17, 15) is 0 Å². The van der Waals surface area contributed by atoms with Crippen LogP contribution in [0.1, 0.15) is 5.56 Å². The Labute approximate surface area is 114 Å². The summed E-state index contributed by atoms with van der Waals surface area (Å²) in [5.74, 6) is 0.939. The topological polar surface area (TPSA) is 9.23 Å². The van der Waals surface area contributed by atoms with Crippen LogP contribution in [0.15, 0.2) is 29.1 Å². The maximum Gasteiger partial charge on any atom is 0.119 e. The molecule has 0 heterocycles. The Morgan fingerprint density at radius 1 is 1.00 bits per heavy atom. The highest BCUT2D eigenvalue weighted by molar-refractivity contribution is 7.05. The second-order valence-corrected chi connectivity index (χ2v) is 17.4. The fraction of sp³-hybridized carbons (Fsp3) is 0.467. The number of methoxy groups -OCH3 is 1. The minimum Gasteiger partial charge on any atom is -0.497 e. The maximum absolute atomic E-state index is 5.30. The van der Waals surface area contributed by atoms with E-state index in [1.807, 2.05) is 6.07 Å². The van der Waals surface area contributed by atoms with E-state index >= 15 is 0 Å². The van der Waals surface area contributed by atoms with Gasteiger partial charge in [-0.3, -0.25) is 0 Å². The van der Waals surface area contributed by atoms with Crippen LogP contribution >= 0.6 is 0 Å². The fourth-order valence-corrected chi connectivity index (χ4v) is 12.7. The van der Waals surface area contributed by atoms with Crippen LogP contribution in [0.5, 0.6) is 5.75 Å². The zero-order valence-corrected chi connectivity index (χ0v) is 14.8. The molecule has 0 unspecified atom stereocenters. The summed E-state index contributed by atoms with van der Waals surface area (Å²) < 4.78 is 5.30. The lowest BCUT2D eigenvalue weighted by atomic mass is 10.2. The van der Waals surface area contributed by atoms with Gasteiger partial charge in [-0.1, -0.05) is 62.3 Å². The van der Waals surface area contributed by atoms with Crippen molar-refractivity contribution in [2.24, 2.45) is 0 Å². The van der Waals surface area contributed by atoms with Crippen molar-refractivity contribution in [2.75, 3.05) is 7.11 Å². The van der Waals surface area contributed by atoms with Gasteiger partial charge in [-0.15, -0.1) is 0 Å². The van der Waals surface area contributed by atoms with Crippen molar-refractivity contribution < 1.29 is 4.74 Å². The van der Waals surface area contributed by atoms with Gasteiger partial charge in [0.2, 0.25) is 0 Å². The summed E-state index contributed by atoms with van der Waals surface area (Å²) in [6.07, 6.45) is 2.42. The predicted octanol–water partition coefficient (Wildman–Crippen LogP) is 4.83. The Bertz CT molecular complexity index is 421. The van der Waals surface area contributed by atoms with Crippen molar-refractivity contribution in [1.82, 2.24) is 0 Å². The fourth-order valence-electron chi connectivity index (χ4n) is 2.46. The molecule has 100 valence electrons. The Morgan fingerprint density at radius 2 is 1.56 bits per heavy atom. The predicted molar refractivity (Wildman–Crippen MR) is 87.7 cm³/mol. The van der Waals surface area contributed by atoms with E-state index in [0.29, 0.717) is 0 Å². The van der Waals surface area contributed by atoms with Crippen molar-refractivity contribution in [3.05, 3.63) is 34.6 Å². The first-order valence-electron chi connectivity index (χ1n) is 6.51. The largest absolute Gasteiger partial charge is 0.497 e. The summed E-state index contributed by atoms with van der Waals surface area (Å²) in [5.41, 5.74) is 1.27. The second-order valence-electron chi connectivity index (χ2n) is 6.83. The third kappa shape index (κ3) is 4.14. The molecule has 0 aliphatic carbocycles. The van der Waals surface area contributed by atoms with Gasteiger partial charge < -0.3 is 4.74 Å². The summed E-state index contributed by atoms with van der Waals surface area (Å²) in [6, 6.07) is 8.36. The lowest BCUT2D eigenvalue weighted by Gasteiger charge is -2.31. The molecule has 18 heavy (non-hydrogen) atoms. The molecule has 0 spiro atoms. The Morgan fingerprint density at radius 3 is 2.00 bits per heavy atom. The number of hydrogen-bond donors (Lipinski definition) is 0. The molecule has 0 aliphatic heterocycles. The van der Waals surface area contributed by atoms with Crippen LogP contribution in [0.25, 0.3) is 6.08 Å². The first-order chi connectivity index (χ1) is 8.14. The molecule has 0 saturated carbocycles. The monoisotopic (exact) mass is 278 g/mol. The first kappa shape index (κ1) is 15.3. The maximum atomic E-state index is 5.30. The average molecular weight is 279 g/mol. The van der Waals surface area contributed by atoms with Crippen molar-refractivity contribution in [2.45, 2.75) is 39.3 Å². The SMILES string of the molecule is COc1cccc(C=C([Si](C)(C)C)[Si](C)(C)C)c1. The molecule has 0 bridgehead atoms. The lowest BCUT2D eigenvalue weighted by molar-refractivity contribution is 0.414. The van der Waals surface area contributed by atoms with Crippen LogP contribution in [0.3, 0.4) is 0 Å². The number of benzene rings is 1. The van der Waals surface area contributed by atoms with E-state index in [2.05, 4.69) is 63.6 Å². The highest BCUT2D eigenvalue weighted by Gasteiger charge is 2.30. The highest BCUT2D eigenvalue weighted by atomic mass is 28.4. The molecule has 1 rings (SSSR count). The van der Waals surface area contributed by atoms with E-state index in [1.165, 1.54) is 5.56 Å². The standard InChI is InChI=1S/C15H26OSi2/c1-16-14-10-8-9-13(11-14)12-15(17(2,3)4)18(5,6)7/h8-12H,1-7H3. The summed E-state index contributed by atoms with van der Waals surface area (Å²) in [7, 11) is -0.778. The van der Waals surface area contributed by atoms with Gasteiger partial charge in [0.25, 0.3) is 0 Å². The zero-order valence-electron chi connectivity index (χ0n) is 12.8. The summed E-state index contributed by atoms with van der Waals surface area (Å²) in [6.45, 7) is 14.7. The molecule has 0 aliphatic rings. The van der Waals surface area contributed by atoms with E-state index in [4.69, 9.17) is 4.74 Å². The first-order valence-corrected chi connectivity index (χ1v) is 13.5. The highest BCUT2D eigenvalue weighted by Crippen LogP contribution is 2.28. The molecule has 0 aromatic heterocycles. The smallest absolute Gasteiger partial charge is 0.119 e. The molecule has 0 radical (unpaired) electrons. The molecule has 1 aromatic carbocycles. The molecule has 0 N–H and O–H groups in total. The number of hydrogen-bond acceptors (Lipinski definition) is 1. The molecule has 3 heteroatoms. The summed E-state index contributed by atoms with van der Waals surface area (Å²) in [4.78, 5) is 1.73. The van der Waals surface area contributed by atoms with E-state index in [-0.39, 0.29) is 0 Å². The quantitative estimate of drug-likeness (QED) is 0.717. The van der Waals surface area contributed by atoms with Gasteiger partial charge in [-0.05, 0) is 17.7 Å².